The lowest BCUT2D eigenvalue weighted by atomic mass is 9.98. The van der Waals surface area contributed by atoms with E-state index in [1.807, 2.05) is 31.3 Å². The van der Waals surface area contributed by atoms with Crippen LogP contribution in [0, 0.1) is 6.92 Å². The number of aliphatic hydroxyl groups is 1. The molecule has 5 N–H and O–H groups in total. The van der Waals surface area contributed by atoms with Crippen molar-refractivity contribution < 1.29 is 19.7 Å². The minimum atomic E-state index is -0.250. The molecule has 31 heavy (non-hydrogen) atoms. The predicted molar refractivity (Wildman–Crippen MR) is 125 cm³/mol. The summed E-state index contributed by atoms with van der Waals surface area (Å²) >= 11 is 0. The third-order valence-electron chi connectivity index (χ3n) is 4.83. The molecule has 0 bridgehead atoms. The number of nitrogens with one attached hydrogen (secondary N) is 3. The average molecular weight is 432 g/mol. The molecule has 0 spiro atoms. The summed E-state index contributed by atoms with van der Waals surface area (Å²) < 4.78 is 4.97. The molecule has 7 nitrogen and oxygen atoms in total. The fourth-order valence-electron chi connectivity index (χ4n) is 3.16. The molecule has 1 saturated heterocycles. The Labute approximate surface area is 185 Å². The highest BCUT2D eigenvalue weighted by molar-refractivity contribution is 5.33. The summed E-state index contributed by atoms with van der Waals surface area (Å²) in [5.74, 6) is 0.917. The van der Waals surface area contributed by atoms with Crippen molar-refractivity contribution >= 4 is 6.47 Å². The monoisotopic (exact) mass is 431 g/mol. The molecule has 0 saturated carbocycles. The summed E-state index contributed by atoms with van der Waals surface area (Å²) in [5, 5.41) is 25.1. The van der Waals surface area contributed by atoms with Crippen molar-refractivity contribution in [3.63, 3.8) is 0 Å². The molecule has 4 rings (SSSR count). The summed E-state index contributed by atoms with van der Waals surface area (Å²) in [6, 6.07) is 14.7. The molecule has 2 aromatic carbocycles. The molecule has 2 aliphatic heterocycles. The van der Waals surface area contributed by atoms with Crippen LogP contribution in [0.4, 0.5) is 0 Å². The topological polar surface area (TPSA) is 103 Å². The molecule has 0 radical (unpaired) electrons. The van der Waals surface area contributed by atoms with E-state index in [4.69, 9.17) is 19.7 Å². The summed E-state index contributed by atoms with van der Waals surface area (Å²) in [7, 11) is 3.66. The van der Waals surface area contributed by atoms with Gasteiger partial charge >= 0.3 is 0 Å². The van der Waals surface area contributed by atoms with Crippen LogP contribution >= 0.6 is 0 Å². The van der Waals surface area contributed by atoms with Gasteiger partial charge in [-0.2, -0.15) is 0 Å². The number of rotatable bonds is 3. The number of carbonyl (C=O) groups is 1. The molecule has 1 unspecified atom stereocenters. The maximum atomic E-state index is 8.67. The average Bonchev–Trinajstić information content (AvgIpc) is 3.27. The van der Waals surface area contributed by atoms with Gasteiger partial charge in [-0.3, -0.25) is 4.79 Å². The van der Waals surface area contributed by atoms with E-state index in [0.717, 1.165) is 44.9 Å². The van der Waals surface area contributed by atoms with Crippen molar-refractivity contribution in [2.24, 2.45) is 0 Å². The van der Waals surface area contributed by atoms with Gasteiger partial charge in [-0.1, -0.05) is 35.9 Å². The number of aliphatic hydroxyl groups excluding tert-OH is 1. The summed E-state index contributed by atoms with van der Waals surface area (Å²) in [6.45, 7) is 6.71. The van der Waals surface area contributed by atoms with Crippen molar-refractivity contribution in [1.82, 2.24) is 16.0 Å². The number of hydrogen-bond acceptors (Lipinski definition) is 6. The number of hydrogen-bond donors (Lipinski definition) is 5. The van der Waals surface area contributed by atoms with E-state index in [0.29, 0.717) is 0 Å². The Balaban J connectivity index is 0.000000232. The van der Waals surface area contributed by atoms with E-state index in [2.05, 4.69) is 41.1 Å². The molecule has 1 fully saturated rings. The third-order valence-corrected chi connectivity index (χ3v) is 4.83. The first-order valence-electron chi connectivity index (χ1n) is 10.6. The number of carboxylic acid groups (broad SMARTS) is 1. The van der Waals surface area contributed by atoms with E-state index in [1.165, 1.54) is 28.7 Å². The molecule has 2 aliphatic rings. The van der Waals surface area contributed by atoms with Crippen LogP contribution in [0.5, 0.6) is 5.75 Å². The molecule has 0 aromatic heterocycles. The van der Waals surface area contributed by atoms with E-state index in [9.17, 15) is 0 Å². The van der Waals surface area contributed by atoms with Crippen LogP contribution in [-0.2, 0) is 24.3 Å². The number of aryl methyl sites for hydroxylation is 1. The summed E-state index contributed by atoms with van der Waals surface area (Å²) in [4.78, 5) is 8.36. The van der Waals surface area contributed by atoms with E-state index >= 15 is 0 Å². The van der Waals surface area contributed by atoms with Crippen molar-refractivity contribution in [2.75, 3.05) is 33.8 Å². The molecule has 1 atom stereocenters. The fraction of sp³-hybridized carbons (Fsp3) is 0.458. The van der Waals surface area contributed by atoms with Crippen molar-refractivity contribution in [2.45, 2.75) is 39.0 Å². The zero-order chi connectivity index (χ0) is 22.9. The number of ether oxygens (including phenoxy) is 1. The SMILES string of the molecule is CNCc1ccc2c(c1)CCNC2.COc1ccc(C)cc1.O=CO.OC1CCNC1. The van der Waals surface area contributed by atoms with E-state index in [-0.39, 0.29) is 12.6 Å². The standard InChI is InChI=1S/C11H16N2.C8H10O.C4H9NO.CH2O2/c1-12-7-9-2-3-11-8-13-5-4-10(11)6-9;1-7-3-5-8(9-2)6-4-7;6-4-1-2-5-3-4;2-1-3/h2-3,6,12-13H,4-5,7-8H2,1H3;3-6H,1-2H3;4-6H,1-3H2;1H,(H,2,3). The predicted octanol–water partition coefficient (Wildman–Crippen LogP) is 2.10. The zero-order valence-electron chi connectivity index (χ0n) is 18.9. The van der Waals surface area contributed by atoms with Gasteiger partial charge in [-0.25, -0.2) is 0 Å². The maximum absolute atomic E-state index is 8.67. The number of methoxy groups -OCH3 is 1. The molecular formula is C24H37N3O4. The first-order chi connectivity index (χ1) is 15.0. The smallest absolute Gasteiger partial charge is 0.290 e. The van der Waals surface area contributed by atoms with Crippen LogP contribution in [-0.4, -0.2) is 56.6 Å². The highest BCUT2D eigenvalue weighted by atomic mass is 16.5. The Bertz CT molecular complexity index is 732. The second-order valence-corrected chi connectivity index (χ2v) is 7.33. The Morgan fingerprint density at radius 2 is 1.84 bits per heavy atom. The Kier molecular flexibility index (Phi) is 14.0. The minimum Gasteiger partial charge on any atom is -0.497 e. The second kappa shape index (κ2) is 16.3. The summed E-state index contributed by atoms with van der Waals surface area (Å²) in [5.41, 5.74) is 5.64. The van der Waals surface area contributed by atoms with Gasteiger partial charge in [-0.05, 0) is 68.7 Å². The molecule has 2 heterocycles. The van der Waals surface area contributed by atoms with Crippen LogP contribution in [0.15, 0.2) is 42.5 Å². The van der Waals surface area contributed by atoms with Crippen LogP contribution in [0.1, 0.15) is 28.7 Å². The number of β-amino-alcohol motifs (C(OH)–C–C–N with tert-alkyl or cyclic N) is 1. The lowest BCUT2D eigenvalue weighted by molar-refractivity contribution is -0.122. The van der Waals surface area contributed by atoms with Crippen LogP contribution in [0.3, 0.4) is 0 Å². The van der Waals surface area contributed by atoms with Crippen LogP contribution < -0.4 is 20.7 Å². The molecular weight excluding hydrogens is 394 g/mol. The van der Waals surface area contributed by atoms with Gasteiger partial charge in [0.1, 0.15) is 5.75 Å². The van der Waals surface area contributed by atoms with E-state index in [1.54, 1.807) is 7.11 Å². The molecule has 0 aliphatic carbocycles. The lowest BCUT2D eigenvalue weighted by Crippen LogP contribution is -2.23. The highest BCUT2D eigenvalue weighted by Crippen LogP contribution is 2.15. The van der Waals surface area contributed by atoms with Gasteiger partial charge in [0.2, 0.25) is 0 Å². The molecule has 7 heteroatoms. The Morgan fingerprint density at radius 1 is 1.13 bits per heavy atom. The van der Waals surface area contributed by atoms with E-state index < -0.39 is 0 Å². The molecule has 2 aromatic rings. The van der Waals surface area contributed by atoms with Gasteiger partial charge in [-0.15, -0.1) is 0 Å². The Hall–Kier alpha value is -2.45. The van der Waals surface area contributed by atoms with Crippen molar-refractivity contribution in [3.8, 4) is 5.75 Å². The largest absolute Gasteiger partial charge is 0.497 e. The number of fused-ring (bicyclic) bond motifs is 1. The lowest BCUT2D eigenvalue weighted by Gasteiger charge is -2.17. The third kappa shape index (κ3) is 11.5. The highest BCUT2D eigenvalue weighted by Gasteiger charge is 2.08. The van der Waals surface area contributed by atoms with Gasteiger partial charge in [0, 0.05) is 19.6 Å². The fourth-order valence-corrected chi connectivity index (χ4v) is 3.16. The van der Waals surface area contributed by atoms with Gasteiger partial charge < -0.3 is 30.9 Å². The van der Waals surface area contributed by atoms with Crippen molar-refractivity contribution in [1.29, 1.82) is 0 Å². The summed E-state index contributed by atoms with van der Waals surface area (Å²) in [6.07, 6.45) is 2.04. The first kappa shape index (κ1) is 26.6. The van der Waals surface area contributed by atoms with Gasteiger partial charge in [0.15, 0.2) is 0 Å². The quantitative estimate of drug-likeness (QED) is 0.474. The number of benzene rings is 2. The minimum absolute atomic E-state index is 0.0648. The van der Waals surface area contributed by atoms with Gasteiger partial charge in [0.05, 0.1) is 13.2 Å². The normalized spacial score (nSPS) is 16.2. The zero-order valence-corrected chi connectivity index (χ0v) is 18.9. The first-order valence-corrected chi connectivity index (χ1v) is 10.6. The molecule has 172 valence electrons. The molecule has 0 amide bonds. The maximum Gasteiger partial charge on any atom is 0.290 e. The van der Waals surface area contributed by atoms with Crippen molar-refractivity contribution in [3.05, 3.63) is 64.7 Å². The van der Waals surface area contributed by atoms with Crippen LogP contribution in [0.25, 0.3) is 0 Å². The van der Waals surface area contributed by atoms with Crippen LogP contribution in [0.2, 0.25) is 0 Å². The second-order valence-electron chi connectivity index (χ2n) is 7.33. The Morgan fingerprint density at radius 3 is 2.35 bits per heavy atom. The van der Waals surface area contributed by atoms with Gasteiger partial charge in [0.25, 0.3) is 6.47 Å².